The number of hydrogen-bond donors (Lipinski definition) is 2. The Morgan fingerprint density at radius 2 is 2.21 bits per heavy atom. The van der Waals surface area contributed by atoms with Crippen LogP contribution in [0.15, 0.2) is 35.1 Å². The molecule has 100 valence electrons. The molecule has 1 aliphatic heterocycles. The number of nitrogens with zero attached hydrogens (tertiary/aromatic N) is 1. The SMILES string of the molecule is C[C@H]1CNCCN1Cc1cc2ccccc2[nH]c1=O. The number of H-pyrrole nitrogens is 1. The Balaban J connectivity index is 1.91. The van der Waals surface area contributed by atoms with Gasteiger partial charge in [0.1, 0.15) is 0 Å². The van der Waals surface area contributed by atoms with Crippen molar-refractivity contribution in [2.24, 2.45) is 0 Å². The third-order valence-electron chi connectivity index (χ3n) is 3.84. The van der Waals surface area contributed by atoms with Crippen LogP contribution in [-0.4, -0.2) is 35.6 Å². The maximum absolute atomic E-state index is 12.1. The van der Waals surface area contributed by atoms with Gasteiger partial charge < -0.3 is 10.3 Å². The van der Waals surface area contributed by atoms with E-state index in [4.69, 9.17) is 0 Å². The third kappa shape index (κ3) is 2.55. The molecule has 4 nitrogen and oxygen atoms in total. The van der Waals surface area contributed by atoms with Gasteiger partial charge in [-0.05, 0) is 24.4 Å². The van der Waals surface area contributed by atoms with E-state index in [9.17, 15) is 4.79 Å². The average Bonchev–Trinajstić information content (AvgIpc) is 2.42. The highest BCUT2D eigenvalue weighted by atomic mass is 16.1. The van der Waals surface area contributed by atoms with Gasteiger partial charge >= 0.3 is 0 Å². The Morgan fingerprint density at radius 3 is 3.05 bits per heavy atom. The Labute approximate surface area is 112 Å². The fraction of sp³-hybridized carbons (Fsp3) is 0.400. The molecule has 2 heterocycles. The molecule has 3 rings (SSSR count). The Morgan fingerprint density at radius 1 is 1.37 bits per heavy atom. The van der Waals surface area contributed by atoms with E-state index < -0.39 is 0 Å². The number of benzene rings is 1. The molecule has 2 aromatic rings. The van der Waals surface area contributed by atoms with Gasteiger partial charge in [0.05, 0.1) is 0 Å². The van der Waals surface area contributed by atoms with E-state index in [1.54, 1.807) is 0 Å². The largest absolute Gasteiger partial charge is 0.322 e. The van der Waals surface area contributed by atoms with Gasteiger partial charge in [0.25, 0.3) is 5.56 Å². The van der Waals surface area contributed by atoms with Crippen LogP contribution in [-0.2, 0) is 6.54 Å². The first kappa shape index (κ1) is 12.4. The van der Waals surface area contributed by atoms with Gasteiger partial charge in [0.2, 0.25) is 0 Å². The van der Waals surface area contributed by atoms with E-state index in [1.165, 1.54) is 0 Å². The normalized spacial score (nSPS) is 20.8. The Kier molecular flexibility index (Phi) is 3.36. The number of nitrogens with one attached hydrogen (secondary N) is 2. The summed E-state index contributed by atoms with van der Waals surface area (Å²) in [7, 11) is 0. The monoisotopic (exact) mass is 257 g/mol. The highest BCUT2D eigenvalue weighted by Gasteiger charge is 2.18. The minimum absolute atomic E-state index is 0.0319. The van der Waals surface area contributed by atoms with Gasteiger partial charge in [-0.15, -0.1) is 0 Å². The molecule has 4 heteroatoms. The quantitative estimate of drug-likeness (QED) is 0.853. The predicted molar refractivity (Wildman–Crippen MR) is 77.3 cm³/mol. The maximum Gasteiger partial charge on any atom is 0.252 e. The van der Waals surface area contributed by atoms with Crippen LogP contribution in [0.2, 0.25) is 0 Å². The number of para-hydroxylation sites is 1. The molecule has 0 saturated carbocycles. The zero-order valence-electron chi connectivity index (χ0n) is 11.1. The van der Waals surface area contributed by atoms with E-state index in [-0.39, 0.29) is 5.56 Å². The van der Waals surface area contributed by atoms with Crippen LogP contribution in [0.5, 0.6) is 0 Å². The lowest BCUT2D eigenvalue weighted by Gasteiger charge is -2.33. The van der Waals surface area contributed by atoms with E-state index in [1.807, 2.05) is 30.3 Å². The molecule has 0 spiro atoms. The second kappa shape index (κ2) is 5.15. The minimum atomic E-state index is 0.0319. The molecule has 1 fully saturated rings. The van der Waals surface area contributed by atoms with Crippen molar-refractivity contribution in [3.05, 3.63) is 46.2 Å². The number of aromatic nitrogens is 1. The van der Waals surface area contributed by atoms with Gasteiger partial charge in [-0.3, -0.25) is 9.69 Å². The maximum atomic E-state index is 12.1. The summed E-state index contributed by atoms with van der Waals surface area (Å²) in [6.45, 7) is 5.90. The van der Waals surface area contributed by atoms with Crippen LogP contribution >= 0.6 is 0 Å². The first-order valence-electron chi connectivity index (χ1n) is 6.80. The van der Waals surface area contributed by atoms with Crippen LogP contribution < -0.4 is 10.9 Å². The van der Waals surface area contributed by atoms with Crippen LogP contribution in [0.1, 0.15) is 12.5 Å². The Hall–Kier alpha value is -1.65. The number of hydrogen-bond acceptors (Lipinski definition) is 3. The molecule has 1 aromatic heterocycles. The summed E-state index contributed by atoms with van der Waals surface area (Å²) < 4.78 is 0. The van der Waals surface area contributed by atoms with Gasteiger partial charge in [-0.1, -0.05) is 18.2 Å². The van der Waals surface area contributed by atoms with Crippen molar-refractivity contribution in [3.8, 4) is 0 Å². The molecule has 0 amide bonds. The van der Waals surface area contributed by atoms with E-state index in [0.29, 0.717) is 6.04 Å². The van der Waals surface area contributed by atoms with E-state index in [2.05, 4.69) is 22.1 Å². The molecular formula is C15H19N3O. The Bertz CT molecular complexity index is 635. The topological polar surface area (TPSA) is 48.1 Å². The second-order valence-corrected chi connectivity index (χ2v) is 5.23. The summed E-state index contributed by atoms with van der Waals surface area (Å²) in [5, 5.41) is 4.46. The average molecular weight is 257 g/mol. The molecule has 2 N–H and O–H groups in total. The summed E-state index contributed by atoms with van der Waals surface area (Å²) in [5.41, 5.74) is 1.79. The van der Waals surface area contributed by atoms with Gasteiger partial charge in [0.15, 0.2) is 0 Å². The predicted octanol–water partition coefficient (Wildman–Crippen LogP) is 1.32. The lowest BCUT2D eigenvalue weighted by Crippen LogP contribution is -2.49. The van der Waals surface area contributed by atoms with Crippen molar-refractivity contribution in [1.29, 1.82) is 0 Å². The molecule has 0 aliphatic carbocycles. The second-order valence-electron chi connectivity index (χ2n) is 5.23. The fourth-order valence-electron chi connectivity index (χ4n) is 2.65. The first-order chi connectivity index (χ1) is 9.24. The standard InChI is InChI=1S/C15H19N3O/c1-11-9-16-6-7-18(11)10-13-8-12-4-2-3-5-14(12)17-15(13)19/h2-5,8,11,16H,6-7,9-10H2,1H3,(H,17,19)/t11-/m0/s1. The first-order valence-corrected chi connectivity index (χ1v) is 6.80. The molecule has 1 atom stereocenters. The number of fused-ring (bicyclic) bond motifs is 1. The molecule has 19 heavy (non-hydrogen) atoms. The molecular weight excluding hydrogens is 238 g/mol. The molecule has 0 radical (unpaired) electrons. The molecule has 1 aliphatic rings. The number of pyridine rings is 1. The van der Waals surface area contributed by atoms with E-state index >= 15 is 0 Å². The fourth-order valence-corrected chi connectivity index (χ4v) is 2.65. The molecule has 0 unspecified atom stereocenters. The highest BCUT2D eigenvalue weighted by Crippen LogP contribution is 2.13. The van der Waals surface area contributed by atoms with Crippen molar-refractivity contribution in [2.75, 3.05) is 19.6 Å². The van der Waals surface area contributed by atoms with Crippen LogP contribution in [0, 0.1) is 0 Å². The van der Waals surface area contributed by atoms with Crippen LogP contribution in [0.25, 0.3) is 10.9 Å². The summed E-state index contributed by atoms with van der Waals surface area (Å²) >= 11 is 0. The van der Waals surface area contributed by atoms with Crippen molar-refractivity contribution in [3.63, 3.8) is 0 Å². The third-order valence-corrected chi connectivity index (χ3v) is 3.84. The number of aromatic amines is 1. The summed E-state index contributed by atoms with van der Waals surface area (Å²) in [6.07, 6.45) is 0. The van der Waals surface area contributed by atoms with Gasteiger partial charge in [-0.25, -0.2) is 0 Å². The summed E-state index contributed by atoms with van der Waals surface area (Å²) in [4.78, 5) is 17.4. The molecule has 1 aromatic carbocycles. The number of piperazine rings is 1. The van der Waals surface area contributed by atoms with E-state index in [0.717, 1.165) is 42.6 Å². The lowest BCUT2D eigenvalue weighted by atomic mass is 10.1. The van der Waals surface area contributed by atoms with Crippen molar-refractivity contribution < 1.29 is 0 Å². The zero-order chi connectivity index (χ0) is 13.2. The van der Waals surface area contributed by atoms with Crippen molar-refractivity contribution in [2.45, 2.75) is 19.5 Å². The molecule has 0 bridgehead atoms. The summed E-state index contributed by atoms with van der Waals surface area (Å²) in [6, 6.07) is 10.4. The highest BCUT2D eigenvalue weighted by molar-refractivity contribution is 5.78. The van der Waals surface area contributed by atoms with Gasteiger partial charge in [0, 0.05) is 43.3 Å². The smallest absolute Gasteiger partial charge is 0.252 e. The summed E-state index contributed by atoms with van der Waals surface area (Å²) in [5.74, 6) is 0. The van der Waals surface area contributed by atoms with Crippen molar-refractivity contribution in [1.82, 2.24) is 15.2 Å². The van der Waals surface area contributed by atoms with Crippen LogP contribution in [0.3, 0.4) is 0 Å². The minimum Gasteiger partial charge on any atom is -0.322 e. The number of rotatable bonds is 2. The zero-order valence-corrected chi connectivity index (χ0v) is 11.1. The van der Waals surface area contributed by atoms with Crippen molar-refractivity contribution >= 4 is 10.9 Å². The van der Waals surface area contributed by atoms with Crippen LogP contribution in [0.4, 0.5) is 0 Å². The lowest BCUT2D eigenvalue weighted by molar-refractivity contribution is 0.165. The van der Waals surface area contributed by atoms with Gasteiger partial charge in [-0.2, -0.15) is 0 Å². The molecule has 1 saturated heterocycles.